The van der Waals surface area contributed by atoms with Crippen LogP contribution in [0.3, 0.4) is 0 Å². The van der Waals surface area contributed by atoms with E-state index in [-0.39, 0.29) is 32.3 Å². The Morgan fingerprint density at radius 2 is 1.44 bits per heavy atom. The number of benzene rings is 1. The van der Waals surface area contributed by atoms with Gasteiger partial charge < -0.3 is 20.5 Å². The lowest BCUT2D eigenvalue weighted by molar-refractivity contribution is -0.153. The number of primary amides is 1. The molecular formula is C35H52N4O6. The smallest absolute Gasteiger partial charge is 0.328 e. The fourth-order valence-corrected chi connectivity index (χ4v) is 4.97. The lowest BCUT2D eigenvalue weighted by Crippen LogP contribution is -2.45. The number of anilines is 1. The highest BCUT2D eigenvalue weighted by Gasteiger charge is 2.26. The highest BCUT2D eigenvalue weighted by molar-refractivity contribution is 5.91. The summed E-state index contributed by atoms with van der Waals surface area (Å²) in [5, 5.41) is 5.23. The third-order valence-corrected chi connectivity index (χ3v) is 7.45. The van der Waals surface area contributed by atoms with E-state index in [1.807, 2.05) is 30.3 Å². The van der Waals surface area contributed by atoms with Gasteiger partial charge in [-0.3, -0.25) is 14.9 Å². The summed E-state index contributed by atoms with van der Waals surface area (Å²) in [5.41, 5.74) is 6.33. The van der Waals surface area contributed by atoms with Crippen LogP contribution >= 0.6 is 0 Å². The van der Waals surface area contributed by atoms with Crippen LogP contribution in [0.25, 0.3) is 0 Å². The van der Waals surface area contributed by atoms with Gasteiger partial charge in [0.1, 0.15) is 24.6 Å². The zero-order chi connectivity index (χ0) is 32.5. The van der Waals surface area contributed by atoms with Crippen molar-refractivity contribution in [1.29, 1.82) is 0 Å². The van der Waals surface area contributed by atoms with Crippen molar-refractivity contribution in [2.75, 3.05) is 5.32 Å². The van der Waals surface area contributed by atoms with Crippen LogP contribution in [0.5, 0.6) is 0 Å². The molecule has 248 valence electrons. The van der Waals surface area contributed by atoms with Gasteiger partial charge in [-0.05, 0) is 43.4 Å². The summed E-state index contributed by atoms with van der Waals surface area (Å²) < 4.78 is 11.0. The molecule has 2 rings (SSSR count). The van der Waals surface area contributed by atoms with E-state index in [2.05, 4.69) is 22.5 Å². The number of carbonyl (C=O) groups is 4. The van der Waals surface area contributed by atoms with Crippen molar-refractivity contribution >= 4 is 29.7 Å². The zero-order valence-electron chi connectivity index (χ0n) is 26.8. The van der Waals surface area contributed by atoms with E-state index in [1.165, 1.54) is 57.6 Å². The summed E-state index contributed by atoms with van der Waals surface area (Å²) in [7, 11) is 0. The van der Waals surface area contributed by atoms with E-state index >= 15 is 0 Å². The summed E-state index contributed by atoms with van der Waals surface area (Å²) in [6, 6.07) is 12.7. The highest BCUT2D eigenvalue weighted by Crippen LogP contribution is 2.16. The van der Waals surface area contributed by atoms with E-state index in [4.69, 9.17) is 15.2 Å². The zero-order valence-corrected chi connectivity index (χ0v) is 26.8. The van der Waals surface area contributed by atoms with Crippen LogP contribution < -0.4 is 16.4 Å². The summed E-state index contributed by atoms with van der Waals surface area (Å²) in [5.74, 6) is -1.34. The van der Waals surface area contributed by atoms with Gasteiger partial charge in [-0.25, -0.2) is 14.6 Å². The number of hydrogen-bond donors (Lipinski definition) is 3. The average Bonchev–Trinajstić information content (AvgIpc) is 3.02. The van der Waals surface area contributed by atoms with Crippen LogP contribution in [0.15, 0.2) is 54.7 Å². The molecule has 2 aromatic rings. The van der Waals surface area contributed by atoms with Gasteiger partial charge in [-0.1, -0.05) is 108 Å². The van der Waals surface area contributed by atoms with Crippen LogP contribution in [-0.2, 0) is 30.5 Å². The number of carbonyl (C=O) groups excluding carboxylic acids is 4. The first kappa shape index (κ1) is 37.2. The predicted octanol–water partition coefficient (Wildman–Crippen LogP) is 6.97. The topological polar surface area (TPSA) is 150 Å². The number of aromatic nitrogens is 1. The molecule has 0 fully saturated rings. The SMILES string of the molecule is CCCCCCCCCCCCC[C@H](CC(N)=O)OC(=O)[C@@H](CCCC(=O)OCc1ccccc1)NC(=O)Nc1ccccn1. The maximum absolute atomic E-state index is 13.3. The Labute approximate surface area is 268 Å². The van der Waals surface area contributed by atoms with Crippen molar-refractivity contribution < 1.29 is 28.7 Å². The van der Waals surface area contributed by atoms with Crippen LogP contribution in [0, 0.1) is 0 Å². The molecule has 0 saturated heterocycles. The standard InChI is InChI=1S/C35H52N4O6/c1-2-3-4-5-6-7-8-9-10-11-15-21-29(26-31(36)40)45-34(42)30(38-35(43)39-32-23-16-17-25-37-32)22-18-24-33(41)44-27-28-19-13-12-14-20-28/h12-14,16-17,19-20,23,25,29-30H,2-11,15,18,21-22,24,26-27H2,1H3,(H2,36,40)(H2,37,38,39,43)/t29-,30-/m1/s1. The quantitative estimate of drug-likeness (QED) is 0.0843. The summed E-state index contributed by atoms with van der Waals surface area (Å²) in [4.78, 5) is 54.1. The molecule has 45 heavy (non-hydrogen) atoms. The molecule has 0 unspecified atom stereocenters. The van der Waals surface area contributed by atoms with Crippen LogP contribution in [0.2, 0.25) is 0 Å². The minimum atomic E-state index is -1.05. The number of esters is 2. The molecule has 3 amide bonds. The maximum atomic E-state index is 13.3. The first-order valence-electron chi connectivity index (χ1n) is 16.5. The molecule has 0 radical (unpaired) electrons. The second kappa shape index (κ2) is 23.4. The lowest BCUT2D eigenvalue weighted by Gasteiger charge is -2.22. The Balaban J connectivity index is 1.85. The van der Waals surface area contributed by atoms with Gasteiger partial charge in [0.2, 0.25) is 5.91 Å². The maximum Gasteiger partial charge on any atom is 0.328 e. The first-order valence-corrected chi connectivity index (χ1v) is 16.5. The minimum Gasteiger partial charge on any atom is -0.461 e. The van der Waals surface area contributed by atoms with Crippen molar-refractivity contribution in [3.8, 4) is 0 Å². The Morgan fingerprint density at radius 3 is 2.07 bits per heavy atom. The minimum absolute atomic E-state index is 0.0591. The normalized spacial score (nSPS) is 12.1. The number of hydrogen-bond acceptors (Lipinski definition) is 7. The molecule has 0 aliphatic carbocycles. The lowest BCUT2D eigenvalue weighted by atomic mass is 10.0. The summed E-state index contributed by atoms with van der Waals surface area (Å²) >= 11 is 0. The number of ether oxygens (including phenoxy) is 2. The molecule has 0 bridgehead atoms. The van der Waals surface area contributed by atoms with Crippen molar-refractivity contribution in [3.63, 3.8) is 0 Å². The van der Waals surface area contributed by atoms with E-state index in [1.54, 1.807) is 18.2 Å². The average molecular weight is 625 g/mol. The van der Waals surface area contributed by atoms with Gasteiger partial charge >= 0.3 is 18.0 Å². The van der Waals surface area contributed by atoms with Gasteiger partial charge in [0, 0.05) is 12.6 Å². The Hall–Kier alpha value is -3.95. The number of rotatable bonds is 24. The summed E-state index contributed by atoms with van der Waals surface area (Å²) in [6.07, 6.45) is 14.7. The summed E-state index contributed by atoms with van der Waals surface area (Å²) in [6.45, 7) is 2.38. The van der Waals surface area contributed by atoms with Crippen molar-refractivity contribution in [3.05, 3.63) is 60.3 Å². The van der Waals surface area contributed by atoms with Crippen LogP contribution in [0.1, 0.15) is 115 Å². The largest absolute Gasteiger partial charge is 0.461 e. The molecule has 1 heterocycles. The van der Waals surface area contributed by atoms with Gasteiger partial charge in [0.05, 0.1) is 6.42 Å². The molecule has 10 nitrogen and oxygen atoms in total. The Morgan fingerprint density at radius 1 is 0.800 bits per heavy atom. The van der Waals surface area contributed by atoms with E-state index < -0.39 is 36.0 Å². The monoisotopic (exact) mass is 624 g/mol. The molecule has 0 saturated carbocycles. The van der Waals surface area contributed by atoms with E-state index in [0.29, 0.717) is 12.2 Å². The van der Waals surface area contributed by atoms with Crippen LogP contribution in [-0.4, -0.2) is 41.0 Å². The number of unbranched alkanes of at least 4 members (excludes halogenated alkanes) is 10. The Kier molecular flexibility index (Phi) is 19.4. The molecular weight excluding hydrogens is 572 g/mol. The number of nitrogens with zero attached hydrogens (tertiary/aromatic N) is 1. The van der Waals surface area contributed by atoms with E-state index in [0.717, 1.165) is 24.8 Å². The molecule has 1 aromatic heterocycles. The van der Waals surface area contributed by atoms with E-state index in [9.17, 15) is 19.2 Å². The number of amides is 3. The molecule has 10 heteroatoms. The third-order valence-electron chi connectivity index (χ3n) is 7.45. The number of nitrogens with one attached hydrogen (secondary N) is 2. The number of urea groups is 1. The van der Waals surface area contributed by atoms with Crippen molar-refractivity contribution in [2.45, 2.75) is 128 Å². The second-order valence-electron chi connectivity index (χ2n) is 11.5. The van der Waals surface area contributed by atoms with Gasteiger partial charge in [0.15, 0.2) is 0 Å². The first-order chi connectivity index (χ1) is 21.9. The fraction of sp³-hybridized carbons (Fsp3) is 0.571. The number of pyridine rings is 1. The molecule has 1 aromatic carbocycles. The molecule has 0 spiro atoms. The highest BCUT2D eigenvalue weighted by atomic mass is 16.5. The van der Waals surface area contributed by atoms with Gasteiger partial charge in [-0.2, -0.15) is 0 Å². The second-order valence-corrected chi connectivity index (χ2v) is 11.5. The molecule has 0 aliphatic rings. The molecule has 4 N–H and O–H groups in total. The van der Waals surface area contributed by atoms with Crippen molar-refractivity contribution in [1.82, 2.24) is 10.3 Å². The molecule has 2 atom stereocenters. The van der Waals surface area contributed by atoms with Crippen LogP contribution in [0.4, 0.5) is 10.6 Å². The number of nitrogens with two attached hydrogens (primary N) is 1. The van der Waals surface area contributed by atoms with Gasteiger partial charge in [-0.15, -0.1) is 0 Å². The predicted molar refractivity (Wildman–Crippen MR) is 175 cm³/mol. The third kappa shape index (κ3) is 18.5. The molecule has 0 aliphatic heterocycles. The fourth-order valence-electron chi connectivity index (χ4n) is 4.97. The van der Waals surface area contributed by atoms with Gasteiger partial charge in [0.25, 0.3) is 0 Å². The Bertz CT molecular complexity index is 1120. The van der Waals surface area contributed by atoms with Crippen molar-refractivity contribution in [2.24, 2.45) is 5.73 Å².